The van der Waals surface area contributed by atoms with Gasteiger partial charge in [-0.3, -0.25) is 0 Å². The SMILES string of the molecule is C[C@H](CS(=O)(=O)c1ccccc1)[C@@H](CCOCc1ccccc1)O[Si](C)(C)C(C)(C)C. The van der Waals surface area contributed by atoms with E-state index in [4.69, 9.17) is 9.16 Å². The van der Waals surface area contributed by atoms with Crippen molar-refractivity contribution < 1.29 is 17.6 Å². The Bertz CT molecular complexity index is 890. The van der Waals surface area contributed by atoms with E-state index < -0.39 is 18.2 Å². The van der Waals surface area contributed by atoms with Crippen molar-refractivity contribution in [2.24, 2.45) is 5.92 Å². The van der Waals surface area contributed by atoms with Gasteiger partial charge < -0.3 is 9.16 Å². The quantitative estimate of drug-likeness (QED) is 0.299. The third-order valence-electron chi connectivity index (χ3n) is 6.13. The highest BCUT2D eigenvalue weighted by Crippen LogP contribution is 2.38. The van der Waals surface area contributed by atoms with Crippen molar-refractivity contribution in [1.29, 1.82) is 0 Å². The summed E-state index contributed by atoms with van der Waals surface area (Å²) in [7, 11) is -5.43. The highest BCUT2D eigenvalue weighted by molar-refractivity contribution is 7.91. The van der Waals surface area contributed by atoms with E-state index in [1.54, 1.807) is 24.3 Å². The van der Waals surface area contributed by atoms with Crippen LogP contribution < -0.4 is 0 Å². The number of benzene rings is 2. The van der Waals surface area contributed by atoms with Crippen LogP contribution >= 0.6 is 0 Å². The molecule has 0 spiro atoms. The van der Waals surface area contributed by atoms with Gasteiger partial charge in [-0.05, 0) is 48.2 Å². The minimum absolute atomic E-state index is 0.0498. The lowest BCUT2D eigenvalue weighted by molar-refractivity contribution is 0.0595. The average molecular weight is 463 g/mol. The van der Waals surface area contributed by atoms with Crippen molar-refractivity contribution in [3.63, 3.8) is 0 Å². The number of sulfone groups is 1. The van der Waals surface area contributed by atoms with Gasteiger partial charge >= 0.3 is 0 Å². The molecule has 2 atom stereocenters. The molecular formula is C25H38O4SSi. The normalized spacial score (nSPS) is 14.9. The zero-order valence-corrected chi connectivity index (χ0v) is 21.6. The second kappa shape index (κ2) is 10.9. The van der Waals surface area contributed by atoms with Crippen molar-refractivity contribution in [3.05, 3.63) is 66.2 Å². The summed E-state index contributed by atoms with van der Waals surface area (Å²) in [5, 5.41) is 0.0498. The van der Waals surface area contributed by atoms with Gasteiger partial charge in [-0.1, -0.05) is 76.2 Å². The minimum Gasteiger partial charge on any atom is -0.414 e. The van der Waals surface area contributed by atoms with Gasteiger partial charge in [0.2, 0.25) is 0 Å². The summed E-state index contributed by atoms with van der Waals surface area (Å²) in [6.07, 6.45) is 0.500. The molecule has 0 aliphatic heterocycles. The molecule has 4 nitrogen and oxygen atoms in total. The summed E-state index contributed by atoms with van der Waals surface area (Å²) >= 11 is 0. The second-order valence-electron chi connectivity index (χ2n) is 9.82. The molecule has 172 valence electrons. The molecule has 0 aliphatic carbocycles. The molecule has 0 aromatic heterocycles. The van der Waals surface area contributed by atoms with Crippen molar-refractivity contribution in [1.82, 2.24) is 0 Å². The fourth-order valence-electron chi connectivity index (χ4n) is 3.16. The molecule has 31 heavy (non-hydrogen) atoms. The molecule has 0 saturated carbocycles. The predicted molar refractivity (Wildman–Crippen MR) is 130 cm³/mol. The predicted octanol–water partition coefficient (Wildman–Crippen LogP) is 6.09. The Kier molecular flexibility index (Phi) is 9.07. The van der Waals surface area contributed by atoms with Crippen molar-refractivity contribution in [3.8, 4) is 0 Å². The number of hydrogen-bond donors (Lipinski definition) is 0. The zero-order chi connectivity index (χ0) is 23.1. The minimum atomic E-state index is -3.37. The van der Waals surface area contributed by atoms with E-state index in [2.05, 4.69) is 33.9 Å². The third-order valence-corrected chi connectivity index (χ3v) is 12.6. The first-order chi connectivity index (χ1) is 14.4. The molecule has 0 unspecified atom stereocenters. The molecule has 0 N–H and O–H groups in total. The Hall–Kier alpha value is -1.47. The molecule has 6 heteroatoms. The topological polar surface area (TPSA) is 52.6 Å². The highest BCUT2D eigenvalue weighted by atomic mass is 32.2. The first kappa shape index (κ1) is 25.8. The van der Waals surface area contributed by atoms with Crippen LogP contribution in [0.25, 0.3) is 0 Å². The molecule has 0 radical (unpaired) electrons. The van der Waals surface area contributed by atoms with Crippen molar-refractivity contribution in [2.45, 2.75) is 69.9 Å². The van der Waals surface area contributed by atoms with Crippen molar-refractivity contribution in [2.75, 3.05) is 12.4 Å². The lowest BCUT2D eigenvalue weighted by Crippen LogP contribution is -2.46. The Morgan fingerprint density at radius 3 is 2.03 bits per heavy atom. The number of ether oxygens (including phenoxy) is 1. The average Bonchev–Trinajstić information content (AvgIpc) is 2.70. The van der Waals surface area contributed by atoms with E-state index in [1.165, 1.54) is 0 Å². The van der Waals surface area contributed by atoms with E-state index in [1.807, 2.05) is 43.3 Å². The van der Waals surface area contributed by atoms with Crippen LogP contribution in [0.4, 0.5) is 0 Å². The van der Waals surface area contributed by atoms with Gasteiger partial charge in [0.15, 0.2) is 18.2 Å². The lowest BCUT2D eigenvalue weighted by Gasteiger charge is -2.41. The summed E-state index contributed by atoms with van der Waals surface area (Å²) in [5.41, 5.74) is 1.13. The largest absolute Gasteiger partial charge is 0.414 e. The number of hydrogen-bond acceptors (Lipinski definition) is 4. The van der Waals surface area contributed by atoms with Crippen LogP contribution in [0.1, 0.15) is 39.7 Å². The monoisotopic (exact) mass is 462 g/mol. The van der Waals surface area contributed by atoms with E-state index in [0.29, 0.717) is 24.5 Å². The molecule has 0 aliphatic rings. The Balaban J connectivity index is 2.08. The molecule has 0 amide bonds. The molecule has 0 heterocycles. The summed E-state index contributed by atoms with van der Waals surface area (Å²) in [6.45, 7) is 14.1. The van der Waals surface area contributed by atoms with Crippen LogP contribution in [-0.2, 0) is 25.6 Å². The Morgan fingerprint density at radius 2 is 1.48 bits per heavy atom. The van der Waals surface area contributed by atoms with Gasteiger partial charge in [-0.25, -0.2) is 8.42 Å². The summed E-state index contributed by atoms with van der Waals surface area (Å²) in [6, 6.07) is 18.7. The maximum absolute atomic E-state index is 12.9. The zero-order valence-electron chi connectivity index (χ0n) is 19.8. The Morgan fingerprint density at radius 1 is 0.935 bits per heavy atom. The van der Waals surface area contributed by atoms with Crippen LogP contribution in [0.15, 0.2) is 65.6 Å². The Labute approximate surface area is 190 Å². The lowest BCUT2D eigenvalue weighted by atomic mass is 10.0. The van der Waals surface area contributed by atoms with Gasteiger partial charge in [-0.15, -0.1) is 0 Å². The smallest absolute Gasteiger partial charge is 0.192 e. The molecule has 2 aromatic carbocycles. The third kappa shape index (κ3) is 7.86. The second-order valence-corrected chi connectivity index (χ2v) is 16.6. The van der Waals surface area contributed by atoms with Gasteiger partial charge in [0.05, 0.1) is 23.4 Å². The molecule has 2 aromatic rings. The van der Waals surface area contributed by atoms with Crippen LogP contribution in [-0.4, -0.2) is 35.2 Å². The fraction of sp³-hybridized carbons (Fsp3) is 0.520. The molecule has 2 rings (SSSR count). The van der Waals surface area contributed by atoms with E-state index in [-0.39, 0.29) is 22.8 Å². The fourth-order valence-corrected chi connectivity index (χ4v) is 6.29. The number of rotatable bonds is 11. The van der Waals surface area contributed by atoms with Gasteiger partial charge in [-0.2, -0.15) is 0 Å². The van der Waals surface area contributed by atoms with Crippen LogP contribution in [0.3, 0.4) is 0 Å². The summed E-state index contributed by atoms with van der Waals surface area (Å²) in [4.78, 5) is 0.369. The van der Waals surface area contributed by atoms with Crippen LogP contribution in [0.5, 0.6) is 0 Å². The highest BCUT2D eigenvalue weighted by Gasteiger charge is 2.40. The van der Waals surface area contributed by atoms with Crippen LogP contribution in [0.2, 0.25) is 18.1 Å². The molecule has 0 fully saturated rings. The van der Waals surface area contributed by atoms with E-state index in [9.17, 15) is 8.42 Å². The van der Waals surface area contributed by atoms with Gasteiger partial charge in [0, 0.05) is 6.61 Å². The molecule has 0 saturated heterocycles. The molecule has 0 bridgehead atoms. The standard InChI is InChI=1S/C25H38O4SSi/c1-21(20-30(26,27)23-15-11-8-12-16-23)24(29-31(5,6)25(2,3)4)17-18-28-19-22-13-9-7-10-14-22/h7-16,21,24H,17-20H2,1-6H3/t21-,24-/m1/s1. The van der Waals surface area contributed by atoms with Crippen LogP contribution in [0, 0.1) is 5.92 Å². The first-order valence-electron chi connectivity index (χ1n) is 11.0. The maximum Gasteiger partial charge on any atom is 0.192 e. The summed E-state index contributed by atoms with van der Waals surface area (Å²) in [5.74, 6) is -0.0747. The van der Waals surface area contributed by atoms with E-state index >= 15 is 0 Å². The van der Waals surface area contributed by atoms with Gasteiger partial charge in [0.1, 0.15) is 0 Å². The summed E-state index contributed by atoms with van der Waals surface area (Å²) < 4.78 is 38.5. The van der Waals surface area contributed by atoms with E-state index in [0.717, 1.165) is 5.56 Å². The van der Waals surface area contributed by atoms with Gasteiger partial charge in [0.25, 0.3) is 0 Å². The first-order valence-corrected chi connectivity index (χ1v) is 15.6. The maximum atomic E-state index is 12.9. The molecular weight excluding hydrogens is 424 g/mol. The van der Waals surface area contributed by atoms with Crippen molar-refractivity contribution >= 4 is 18.2 Å².